The highest BCUT2D eigenvalue weighted by molar-refractivity contribution is 5.42. The molecule has 0 aliphatic carbocycles. The van der Waals surface area contributed by atoms with Crippen LogP contribution in [0.15, 0.2) is 24.3 Å². The van der Waals surface area contributed by atoms with Gasteiger partial charge in [0.25, 0.3) is 0 Å². The summed E-state index contributed by atoms with van der Waals surface area (Å²) in [5.41, 5.74) is 0.608. The number of nitrogens with zero attached hydrogens (tertiary/aromatic N) is 2. The van der Waals surface area contributed by atoms with Gasteiger partial charge in [-0.05, 0) is 31.0 Å². The molecule has 1 rings (SSSR count). The van der Waals surface area contributed by atoms with Crippen molar-refractivity contribution in [3.05, 3.63) is 29.8 Å². The number of hydrogen-bond acceptors (Lipinski definition) is 3. The normalized spacial score (nSPS) is 10.7. The summed E-state index contributed by atoms with van der Waals surface area (Å²) in [5.74, 6) is 1.39. The molecule has 0 unspecified atom stereocenters. The minimum absolute atomic E-state index is 0.608. The zero-order chi connectivity index (χ0) is 14.1. The molecule has 19 heavy (non-hydrogen) atoms. The van der Waals surface area contributed by atoms with Gasteiger partial charge in [0.05, 0.1) is 12.2 Å². The Hall–Kier alpha value is -1.53. The number of nitriles is 1. The van der Waals surface area contributed by atoms with Crippen molar-refractivity contribution >= 4 is 0 Å². The van der Waals surface area contributed by atoms with Gasteiger partial charge in [-0.25, -0.2) is 0 Å². The molecule has 0 radical (unpaired) electrons. The number of rotatable bonds is 8. The Morgan fingerprint density at radius 3 is 2.68 bits per heavy atom. The van der Waals surface area contributed by atoms with E-state index in [1.54, 1.807) is 6.07 Å². The van der Waals surface area contributed by atoms with E-state index in [4.69, 9.17) is 10.00 Å². The fourth-order valence-electron chi connectivity index (χ4n) is 2.05. The second kappa shape index (κ2) is 8.55. The highest BCUT2D eigenvalue weighted by Crippen LogP contribution is 2.16. The lowest BCUT2D eigenvalue weighted by atomic mass is 10.2. The lowest BCUT2D eigenvalue weighted by Crippen LogP contribution is -2.29. The molecule has 104 valence electrons. The van der Waals surface area contributed by atoms with Gasteiger partial charge in [-0.3, -0.25) is 0 Å². The molecule has 0 N–H and O–H groups in total. The molecule has 1 aromatic carbocycles. The molecule has 0 spiro atoms. The van der Waals surface area contributed by atoms with Gasteiger partial charge in [0.1, 0.15) is 11.8 Å². The van der Waals surface area contributed by atoms with Crippen LogP contribution >= 0.6 is 0 Å². The number of benzene rings is 1. The molecule has 0 fully saturated rings. The first-order valence-electron chi connectivity index (χ1n) is 7.01. The van der Waals surface area contributed by atoms with E-state index >= 15 is 0 Å². The van der Waals surface area contributed by atoms with Crippen LogP contribution < -0.4 is 4.74 Å². The van der Waals surface area contributed by atoms with E-state index in [9.17, 15) is 0 Å². The third kappa shape index (κ3) is 5.76. The highest BCUT2D eigenvalue weighted by atomic mass is 16.5. The topological polar surface area (TPSA) is 36.3 Å². The molecule has 0 amide bonds. The summed E-state index contributed by atoms with van der Waals surface area (Å²) in [6.07, 6.45) is 0.986. The Balaban J connectivity index is 2.32. The lowest BCUT2D eigenvalue weighted by molar-refractivity contribution is 0.223. The third-order valence-electron chi connectivity index (χ3n) is 2.95. The second-order valence-corrected chi connectivity index (χ2v) is 5.10. The maximum Gasteiger partial charge on any atom is 0.137 e. The molecular formula is C16H24N2O. The fourth-order valence-corrected chi connectivity index (χ4v) is 2.05. The zero-order valence-corrected chi connectivity index (χ0v) is 12.2. The number of para-hydroxylation sites is 1. The summed E-state index contributed by atoms with van der Waals surface area (Å²) < 4.78 is 5.68. The Labute approximate surface area is 116 Å². The Morgan fingerprint density at radius 2 is 2.05 bits per heavy atom. The van der Waals surface area contributed by atoms with Gasteiger partial charge in [-0.1, -0.05) is 32.9 Å². The zero-order valence-electron chi connectivity index (χ0n) is 12.2. The van der Waals surface area contributed by atoms with E-state index in [1.165, 1.54) is 0 Å². The molecule has 0 aliphatic rings. The largest absolute Gasteiger partial charge is 0.492 e. The van der Waals surface area contributed by atoms with Crippen molar-refractivity contribution in [1.82, 2.24) is 4.90 Å². The summed E-state index contributed by atoms with van der Waals surface area (Å²) in [5, 5.41) is 8.96. The van der Waals surface area contributed by atoms with Crippen LogP contribution in [-0.2, 0) is 0 Å². The predicted molar refractivity (Wildman–Crippen MR) is 78.2 cm³/mol. The Morgan fingerprint density at radius 1 is 1.32 bits per heavy atom. The average molecular weight is 260 g/mol. The first-order chi connectivity index (χ1) is 9.17. The average Bonchev–Trinajstić information content (AvgIpc) is 2.42. The molecule has 3 heteroatoms. The van der Waals surface area contributed by atoms with Crippen LogP contribution in [0.2, 0.25) is 0 Å². The molecule has 0 bridgehead atoms. The molecule has 0 aliphatic heterocycles. The highest BCUT2D eigenvalue weighted by Gasteiger charge is 2.05. The quantitative estimate of drug-likeness (QED) is 0.673. The minimum Gasteiger partial charge on any atom is -0.492 e. The van der Waals surface area contributed by atoms with Crippen LogP contribution in [0.1, 0.15) is 32.8 Å². The standard InChI is InChI=1S/C16H24N2O/c1-4-18(13-14(2)3)10-7-11-19-16-9-6-5-8-15(16)12-17/h5-6,8-9,14H,4,7,10-11,13H2,1-3H3. The van der Waals surface area contributed by atoms with Crippen molar-refractivity contribution < 1.29 is 4.74 Å². The van der Waals surface area contributed by atoms with Crippen LogP contribution in [-0.4, -0.2) is 31.1 Å². The van der Waals surface area contributed by atoms with Crippen molar-refractivity contribution in [3.63, 3.8) is 0 Å². The summed E-state index contributed by atoms with van der Waals surface area (Å²) in [7, 11) is 0. The van der Waals surface area contributed by atoms with E-state index in [0.717, 1.165) is 26.1 Å². The monoisotopic (exact) mass is 260 g/mol. The third-order valence-corrected chi connectivity index (χ3v) is 2.95. The van der Waals surface area contributed by atoms with Crippen LogP contribution in [0.4, 0.5) is 0 Å². The second-order valence-electron chi connectivity index (χ2n) is 5.10. The van der Waals surface area contributed by atoms with Gasteiger partial charge in [0.2, 0.25) is 0 Å². The molecule has 0 aromatic heterocycles. The minimum atomic E-state index is 0.608. The van der Waals surface area contributed by atoms with E-state index < -0.39 is 0 Å². The molecule has 1 aromatic rings. The van der Waals surface area contributed by atoms with E-state index in [2.05, 4.69) is 31.7 Å². The van der Waals surface area contributed by atoms with E-state index in [0.29, 0.717) is 23.8 Å². The first kappa shape index (κ1) is 15.5. The van der Waals surface area contributed by atoms with Gasteiger partial charge >= 0.3 is 0 Å². The van der Waals surface area contributed by atoms with Gasteiger partial charge in [0, 0.05) is 13.1 Å². The van der Waals surface area contributed by atoms with E-state index in [1.807, 2.05) is 18.2 Å². The summed E-state index contributed by atoms with van der Waals surface area (Å²) in [6, 6.07) is 9.53. The summed E-state index contributed by atoms with van der Waals surface area (Å²) >= 11 is 0. The molecule has 0 heterocycles. The van der Waals surface area contributed by atoms with Crippen molar-refractivity contribution in [3.8, 4) is 11.8 Å². The van der Waals surface area contributed by atoms with Gasteiger partial charge in [0.15, 0.2) is 0 Å². The Kier molecular flexibility index (Phi) is 6.99. The van der Waals surface area contributed by atoms with Crippen LogP contribution in [0, 0.1) is 17.2 Å². The van der Waals surface area contributed by atoms with Crippen molar-refractivity contribution in [1.29, 1.82) is 5.26 Å². The molecule has 3 nitrogen and oxygen atoms in total. The number of ether oxygens (including phenoxy) is 1. The fraction of sp³-hybridized carbons (Fsp3) is 0.562. The SMILES string of the molecule is CCN(CCCOc1ccccc1C#N)CC(C)C. The van der Waals surface area contributed by atoms with Crippen LogP contribution in [0.3, 0.4) is 0 Å². The van der Waals surface area contributed by atoms with Crippen LogP contribution in [0.25, 0.3) is 0 Å². The van der Waals surface area contributed by atoms with Crippen molar-refractivity contribution in [2.75, 3.05) is 26.2 Å². The number of hydrogen-bond donors (Lipinski definition) is 0. The molecule has 0 saturated heterocycles. The van der Waals surface area contributed by atoms with Crippen molar-refractivity contribution in [2.24, 2.45) is 5.92 Å². The van der Waals surface area contributed by atoms with E-state index in [-0.39, 0.29) is 0 Å². The molecular weight excluding hydrogens is 236 g/mol. The van der Waals surface area contributed by atoms with Crippen LogP contribution in [0.5, 0.6) is 5.75 Å². The smallest absolute Gasteiger partial charge is 0.137 e. The first-order valence-corrected chi connectivity index (χ1v) is 7.01. The summed E-state index contributed by atoms with van der Waals surface area (Å²) in [4.78, 5) is 2.43. The van der Waals surface area contributed by atoms with Gasteiger partial charge < -0.3 is 9.64 Å². The van der Waals surface area contributed by atoms with Gasteiger partial charge in [-0.15, -0.1) is 0 Å². The maximum atomic E-state index is 8.96. The Bertz CT molecular complexity index is 409. The molecule has 0 atom stereocenters. The lowest BCUT2D eigenvalue weighted by Gasteiger charge is -2.22. The summed E-state index contributed by atoms with van der Waals surface area (Å²) in [6.45, 7) is 10.6. The predicted octanol–water partition coefficient (Wildman–Crippen LogP) is 3.31. The molecule has 0 saturated carbocycles. The van der Waals surface area contributed by atoms with Crippen molar-refractivity contribution in [2.45, 2.75) is 27.2 Å². The maximum absolute atomic E-state index is 8.96. The van der Waals surface area contributed by atoms with Gasteiger partial charge in [-0.2, -0.15) is 5.26 Å².